The molecule has 0 bridgehead atoms. The Morgan fingerprint density at radius 1 is 0.933 bits per heavy atom. The standard InChI is InChI=1S/C19H36N4O7/c1-3-4-5-6-9-15(26)21-13(8-7-10-20)17(27)23-16(12(2)25)18(28)22-14(11-24)19(29)30/h12-14,16,24-25H,3-11,20H2,1-2H3,(H,21,26)(H,22,28)(H,23,27)(H,29,30)/t12-,13+,14-,16+/m1/s1. The van der Waals surface area contributed by atoms with Gasteiger partial charge in [0.1, 0.15) is 18.1 Å². The van der Waals surface area contributed by atoms with Gasteiger partial charge in [0.2, 0.25) is 17.7 Å². The Morgan fingerprint density at radius 2 is 1.60 bits per heavy atom. The highest BCUT2D eigenvalue weighted by Gasteiger charge is 2.31. The smallest absolute Gasteiger partial charge is 0.328 e. The van der Waals surface area contributed by atoms with Crippen LogP contribution >= 0.6 is 0 Å². The number of aliphatic hydroxyl groups excluding tert-OH is 2. The normalized spacial score (nSPS) is 14.8. The van der Waals surface area contributed by atoms with Crippen LogP contribution in [0.3, 0.4) is 0 Å². The molecule has 0 heterocycles. The largest absolute Gasteiger partial charge is 0.480 e. The summed E-state index contributed by atoms with van der Waals surface area (Å²) in [6.07, 6.45) is 3.26. The van der Waals surface area contributed by atoms with Crippen LogP contribution in [0.2, 0.25) is 0 Å². The van der Waals surface area contributed by atoms with E-state index in [2.05, 4.69) is 17.6 Å². The molecule has 0 aromatic rings. The van der Waals surface area contributed by atoms with E-state index in [-0.39, 0.29) is 18.7 Å². The van der Waals surface area contributed by atoms with E-state index in [9.17, 15) is 24.3 Å². The molecule has 11 heteroatoms. The van der Waals surface area contributed by atoms with Crippen molar-refractivity contribution in [2.24, 2.45) is 5.73 Å². The molecule has 0 saturated carbocycles. The zero-order valence-corrected chi connectivity index (χ0v) is 17.7. The topological polar surface area (TPSA) is 191 Å². The van der Waals surface area contributed by atoms with Crippen LogP contribution in [-0.2, 0) is 19.2 Å². The number of aliphatic carboxylic acids is 1. The minimum Gasteiger partial charge on any atom is -0.480 e. The first kappa shape index (κ1) is 27.8. The highest BCUT2D eigenvalue weighted by atomic mass is 16.4. The Hall–Kier alpha value is -2.24. The summed E-state index contributed by atoms with van der Waals surface area (Å²) in [4.78, 5) is 48.1. The number of carbonyl (C=O) groups is 4. The maximum atomic E-state index is 12.6. The van der Waals surface area contributed by atoms with E-state index in [1.54, 1.807) is 0 Å². The molecule has 0 saturated heterocycles. The highest BCUT2D eigenvalue weighted by molar-refractivity contribution is 5.93. The van der Waals surface area contributed by atoms with Gasteiger partial charge < -0.3 is 37.0 Å². The Labute approximate surface area is 176 Å². The van der Waals surface area contributed by atoms with Crippen molar-refractivity contribution in [3.05, 3.63) is 0 Å². The quantitative estimate of drug-likeness (QED) is 0.145. The van der Waals surface area contributed by atoms with Crippen LogP contribution in [0.25, 0.3) is 0 Å². The van der Waals surface area contributed by atoms with E-state index < -0.39 is 48.6 Å². The number of nitrogens with one attached hydrogen (secondary N) is 3. The molecule has 0 aliphatic carbocycles. The first-order chi connectivity index (χ1) is 14.2. The van der Waals surface area contributed by atoms with Crippen LogP contribution in [0.15, 0.2) is 0 Å². The van der Waals surface area contributed by atoms with Crippen LogP contribution in [0.1, 0.15) is 58.8 Å². The lowest BCUT2D eigenvalue weighted by Gasteiger charge is -2.25. The molecule has 0 spiro atoms. The molecule has 0 aliphatic rings. The van der Waals surface area contributed by atoms with Crippen molar-refractivity contribution in [1.29, 1.82) is 0 Å². The summed E-state index contributed by atoms with van der Waals surface area (Å²) in [6, 6.07) is -3.99. The fourth-order valence-corrected chi connectivity index (χ4v) is 2.68. The Bertz CT molecular complexity index is 557. The molecule has 0 unspecified atom stereocenters. The molecule has 0 fully saturated rings. The van der Waals surface area contributed by atoms with E-state index in [0.29, 0.717) is 19.4 Å². The van der Waals surface area contributed by atoms with Crippen LogP contribution in [0, 0.1) is 0 Å². The summed E-state index contributed by atoms with van der Waals surface area (Å²) >= 11 is 0. The van der Waals surface area contributed by atoms with Gasteiger partial charge >= 0.3 is 5.97 Å². The summed E-state index contributed by atoms with van der Waals surface area (Å²) in [5.74, 6) is -3.42. The molecule has 11 nitrogen and oxygen atoms in total. The van der Waals surface area contributed by atoms with Crippen molar-refractivity contribution in [1.82, 2.24) is 16.0 Å². The van der Waals surface area contributed by atoms with Crippen molar-refractivity contribution in [3.8, 4) is 0 Å². The number of aliphatic hydroxyl groups is 2. The molecular weight excluding hydrogens is 396 g/mol. The molecule has 0 aromatic heterocycles. The van der Waals surface area contributed by atoms with Gasteiger partial charge in [0, 0.05) is 6.42 Å². The van der Waals surface area contributed by atoms with Crippen molar-refractivity contribution in [2.75, 3.05) is 13.2 Å². The third-order valence-electron chi connectivity index (χ3n) is 4.47. The predicted octanol–water partition coefficient (Wildman–Crippen LogP) is -1.39. The maximum Gasteiger partial charge on any atom is 0.328 e. The van der Waals surface area contributed by atoms with Gasteiger partial charge in [-0.3, -0.25) is 14.4 Å². The van der Waals surface area contributed by atoms with Crippen molar-refractivity contribution in [2.45, 2.75) is 83.0 Å². The molecule has 8 N–H and O–H groups in total. The molecule has 174 valence electrons. The average molecular weight is 433 g/mol. The molecular formula is C19H36N4O7. The number of hydrogen-bond donors (Lipinski definition) is 7. The third-order valence-corrected chi connectivity index (χ3v) is 4.47. The summed E-state index contributed by atoms with van der Waals surface area (Å²) in [7, 11) is 0. The van der Waals surface area contributed by atoms with Crippen LogP contribution in [0.4, 0.5) is 0 Å². The van der Waals surface area contributed by atoms with E-state index in [1.807, 2.05) is 5.32 Å². The Kier molecular flexibility index (Phi) is 14.4. The van der Waals surface area contributed by atoms with Crippen molar-refractivity contribution in [3.63, 3.8) is 0 Å². The zero-order chi connectivity index (χ0) is 23.1. The second kappa shape index (κ2) is 15.6. The summed E-state index contributed by atoms with van der Waals surface area (Å²) in [5, 5.41) is 34.8. The maximum absolute atomic E-state index is 12.6. The number of rotatable bonds is 16. The van der Waals surface area contributed by atoms with Gasteiger partial charge in [-0.2, -0.15) is 0 Å². The summed E-state index contributed by atoms with van der Waals surface area (Å²) in [5.41, 5.74) is 5.49. The van der Waals surface area contributed by atoms with E-state index >= 15 is 0 Å². The number of nitrogens with two attached hydrogens (primary N) is 1. The lowest BCUT2D eigenvalue weighted by Crippen LogP contribution is -2.59. The monoisotopic (exact) mass is 432 g/mol. The van der Waals surface area contributed by atoms with Gasteiger partial charge in [0.25, 0.3) is 0 Å². The molecule has 30 heavy (non-hydrogen) atoms. The number of hydrogen-bond acceptors (Lipinski definition) is 7. The van der Waals surface area contributed by atoms with Crippen LogP contribution in [-0.4, -0.2) is 76.4 Å². The molecule has 0 aliphatic heterocycles. The number of carbonyl (C=O) groups excluding carboxylic acids is 3. The van der Waals surface area contributed by atoms with Gasteiger partial charge in [-0.05, 0) is 32.7 Å². The minimum atomic E-state index is -1.58. The number of carboxylic acid groups (broad SMARTS) is 1. The summed E-state index contributed by atoms with van der Waals surface area (Å²) in [6.45, 7) is 2.75. The van der Waals surface area contributed by atoms with E-state index in [0.717, 1.165) is 19.3 Å². The molecule has 0 rings (SSSR count). The van der Waals surface area contributed by atoms with Crippen LogP contribution < -0.4 is 21.7 Å². The number of carboxylic acids is 1. The van der Waals surface area contributed by atoms with Gasteiger partial charge in [0.05, 0.1) is 12.7 Å². The van der Waals surface area contributed by atoms with Gasteiger partial charge in [-0.1, -0.05) is 26.2 Å². The van der Waals surface area contributed by atoms with Crippen molar-refractivity contribution >= 4 is 23.7 Å². The second-order valence-electron chi connectivity index (χ2n) is 7.17. The van der Waals surface area contributed by atoms with Gasteiger partial charge in [-0.15, -0.1) is 0 Å². The molecule has 0 aromatic carbocycles. The highest BCUT2D eigenvalue weighted by Crippen LogP contribution is 2.05. The first-order valence-corrected chi connectivity index (χ1v) is 10.3. The zero-order valence-electron chi connectivity index (χ0n) is 17.7. The Morgan fingerprint density at radius 3 is 2.10 bits per heavy atom. The molecule has 0 radical (unpaired) electrons. The SMILES string of the molecule is CCCCCCC(=O)N[C@@H](CCCN)C(=O)N[C@H](C(=O)N[C@H](CO)C(=O)O)[C@@H](C)O. The first-order valence-electron chi connectivity index (χ1n) is 10.3. The Balaban J connectivity index is 5.06. The lowest BCUT2D eigenvalue weighted by atomic mass is 10.1. The van der Waals surface area contributed by atoms with E-state index in [1.165, 1.54) is 6.92 Å². The van der Waals surface area contributed by atoms with Gasteiger partial charge in [0.15, 0.2) is 0 Å². The predicted molar refractivity (Wildman–Crippen MR) is 109 cm³/mol. The molecule has 4 atom stereocenters. The fraction of sp³-hybridized carbons (Fsp3) is 0.789. The fourth-order valence-electron chi connectivity index (χ4n) is 2.68. The third kappa shape index (κ3) is 11.1. The number of amides is 3. The average Bonchev–Trinajstić information content (AvgIpc) is 2.69. The van der Waals surface area contributed by atoms with Crippen LogP contribution in [0.5, 0.6) is 0 Å². The van der Waals surface area contributed by atoms with E-state index in [4.69, 9.17) is 15.9 Å². The summed E-state index contributed by atoms with van der Waals surface area (Å²) < 4.78 is 0. The van der Waals surface area contributed by atoms with Gasteiger partial charge in [-0.25, -0.2) is 4.79 Å². The number of unbranched alkanes of at least 4 members (excludes halogenated alkanes) is 3. The lowest BCUT2D eigenvalue weighted by molar-refractivity contribution is -0.144. The second-order valence-corrected chi connectivity index (χ2v) is 7.17. The molecule has 3 amide bonds. The van der Waals surface area contributed by atoms with Crippen molar-refractivity contribution < 1.29 is 34.5 Å². The minimum absolute atomic E-state index is 0.242.